The SMILES string of the molecule is N#CCc1cccc2c1NC(=O)C2=O. The minimum atomic E-state index is -0.620. The van der Waals surface area contributed by atoms with E-state index >= 15 is 0 Å². The standard InChI is InChI=1S/C10H6N2O2/c11-5-4-6-2-1-3-7-8(6)12-10(14)9(7)13/h1-3H,4H2,(H,12,13,14). The molecule has 1 aliphatic rings. The third kappa shape index (κ3) is 1.07. The maximum Gasteiger partial charge on any atom is 0.296 e. The van der Waals surface area contributed by atoms with E-state index in [1.54, 1.807) is 18.2 Å². The van der Waals surface area contributed by atoms with E-state index in [4.69, 9.17) is 5.26 Å². The van der Waals surface area contributed by atoms with Crippen molar-refractivity contribution in [3.8, 4) is 6.07 Å². The maximum absolute atomic E-state index is 11.3. The predicted molar refractivity (Wildman–Crippen MR) is 48.7 cm³/mol. The summed E-state index contributed by atoms with van der Waals surface area (Å²) in [6.07, 6.45) is 0.191. The quantitative estimate of drug-likeness (QED) is 0.662. The van der Waals surface area contributed by atoms with Gasteiger partial charge in [0.05, 0.1) is 23.7 Å². The highest BCUT2D eigenvalue weighted by molar-refractivity contribution is 6.51. The zero-order chi connectivity index (χ0) is 10.1. The molecule has 2 rings (SSSR count). The van der Waals surface area contributed by atoms with Crippen molar-refractivity contribution in [2.75, 3.05) is 5.32 Å². The molecule has 1 heterocycles. The number of hydrogen-bond acceptors (Lipinski definition) is 3. The Bertz CT molecular complexity index is 472. The summed E-state index contributed by atoms with van der Waals surface area (Å²) in [4.78, 5) is 22.3. The molecular weight excluding hydrogens is 180 g/mol. The number of carbonyl (C=O) groups is 2. The number of nitriles is 1. The van der Waals surface area contributed by atoms with Crippen molar-refractivity contribution >= 4 is 17.4 Å². The molecule has 0 saturated heterocycles. The fraction of sp³-hybridized carbons (Fsp3) is 0.100. The second-order valence-corrected chi connectivity index (χ2v) is 2.96. The molecule has 0 atom stereocenters. The maximum atomic E-state index is 11.3. The van der Waals surface area contributed by atoms with Crippen molar-refractivity contribution in [1.82, 2.24) is 0 Å². The summed E-state index contributed by atoms with van der Waals surface area (Å²) < 4.78 is 0. The van der Waals surface area contributed by atoms with E-state index in [1.807, 2.05) is 6.07 Å². The summed E-state index contributed by atoms with van der Waals surface area (Å²) in [5.41, 5.74) is 1.54. The number of hydrogen-bond donors (Lipinski definition) is 1. The van der Waals surface area contributed by atoms with Gasteiger partial charge in [0, 0.05) is 0 Å². The highest BCUT2D eigenvalue weighted by Crippen LogP contribution is 2.27. The first kappa shape index (κ1) is 8.45. The number of carbonyl (C=O) groups excluding carboxylic acids is 2. The van der Waals surface area contributed by atoms with Gasteiger partial charge in [0.25, 0.3) is 11.7 Å². The lowest BCUT2D eigenvalue weighted by atomic mass is 10.1. The van der Waals surface area contributed by atoms with E-state index in [2.05, 4.69) is 5.32 Å². The van der Waals surface area contributed by atoms with Gasteiger partial charge in [-0.15, -0.1) is 0 Å². The second-order valence-electron chi connectivity index (χ2n) is 2.96. The first-order valence-corrected chi connectivity index (χ1v) is 4.08. The van der Waals surface area contributed by atoms with Gasteiger partial charge < -0.3 is 5.32 Å². The molecule has 0 fully saturated rings. The van der Waals surface area contributed by atoms with Gasteiger partial charge in [0.2, 0.25) is 0 Å². The number of amides is 1. The zero-order valence-electron chi connectivity index (χ0n) is 7.20. The van der Waals surface area contributed by atoms with Crippen LogP contribution in [0.5, 0.6) is 0 Å². The molecule has 1 aromatic carbocycles. The van der Waals surface area contributed by atoms with Gasteiger partial charge in [-0.05, 0) is 11.6 Å². The van der Waals surface area contributed by atoms with E-state index < -0.39 is 11.7 Å². The van der Waals surface area contributed by atoms with Crippen LogP contribution in [0.4, 0.5) is 5.69 Å². The van der Waals surface area contributed by atoms with Crippen molar-refractivity contribution in [3.05, 3.63) is 29.3 Å². The number of ketones is 1. The Hall–Kier alpha value is -2.15. The van der Waals surface area contributed by atoms with E-state index in [0.717, 1.165) is 0 Å². The molecule has 1 amide bonds. The van der Waals surface area contributed by atoms with Gasteiger partial charge in [-0.1, -0.05) is 12.1 Å². The van der Waals surface area contributed by atoms with Gasteiger partial charge in [0.1, 0.15) is 0 Å². The van der Waals surface area contributed by atoms with Crippen molar-refractivity contribution in [2.45, 2.75) is 6.42 Å². The molecule has 4 nitrogen and oxygen atoms in total. The Morgan fingerprint density at radius 1 is 1.36 bits per heavy atom. The Morgan fingerprint density at radius 3 is 2.86 bits per heavy atom. The van der Waals surface area contributed by atoms with E-state index in [-0.39, 0.29) is 6.42 Å². The van der Waals surface area contributed by atoms with Crippen LogP contribution < -0.4 is 5.32 Å². The van der Waals surface area contributed by atoms with Gasteiger partial charge in [0.15, 0.2) is 0 Å². The molecule has 68 valence electrons. The van der Waals surface area contributed by atoms with E-state index in [0.29, 0.717) is 16.8 Å². The largest absolute Gasteiger partial charge is 0.318 e. The third-order valence-electron chi connectivity index (χ3n) is 2.11. The monoisotopic (exact) mass is 186 g/mol. The molecule has 0 radical (unpaired) electrons. The number of nitrogens with zero attached hydrogens (tertiary/aromatic N) is 1. The molecule has 1 N–H and O–H groups in total. The molecule has 0 spiro atoms. The Kier molecular flexibility index (Phi) is 1.79. The summed E-state index contributed by atoms with van der Waals surface area (Å²) in [6, 6.07) is 6.95. The molecule has 0 saturated carbocycles. The van der Waals surface area contributed by atoms with Crippen molar-refractivity contribution in [3.63, 3.8) is 0 Å². The molecule has 1 aliphatic heterocycles. The topological polar surface area (TPSA) is 70.0 Å². The Labute approximate surface area is 80.2 Å². The van der Waals surface area contributed by atoms with Gasteiger partial charge in [-0.3, -0.25) is 9.59 Å². The van der Waals surface area contributed by atoms with Crippen LogP contribution in [0.25, 0.3) is 0 Å². The number of nitrogens with one attached hydrogen (secondary N) is 1. The number of anilines is 1. The molecule has 1 aromatic rings. The van der Waals surface area contributed by atoms with Crippen LogP contribution in [0.15, 0.2) is 18.2 Å². The number of Topliss-reactive ketones (excluding diaryl/α,β-unsaturated/α-hetero) is 1. The lowest BCUT2D eigenvalue weighted by molar-refractivity contribution is -0.112. The highest BCUT2D eigenvalue weighted by atomic mass is 16.2. The lowest BCUT2D eigenvalue weighted by Gasteiger charge is -2.01. The van der Waals surface area contributed by atoms with Crippen LogP contribution in [0.2, 0.25) is 0 Å². The Morgan fingerprint density at radius 2 is 2.14 bits per heavy atom. The summed E-state index contributed by atoms with van der Waals surface area (Å²) >= 11 is 0. The van der Waals surface area contributed by atoms with Crippen molar-refractivity contribution in [2.24, 2.45) is 0 Å². The van der Waals surface area contributed by atoms with E-state index in [1.165, 1.54) is 0 Å². The summed E-state index contributed by atoms with van der Waals surface area (Å²) in [7, 11) is 0. The van der Waals surface area contributed by atoms with Crippen molar-refractivity contribution in [1.29, 1.82) is 5.26 Å². The van der Waals surface area contributed by atoms with Gasteiger partial charge in [-0.25, -0.2) is 0 Å². The normalized spacial score (nSPS) is 13.4. The van der Waals surface area contributed by atoms with Crippen LogP contribution in [0.3, 0.4) is 0 Å². The van der Waals surface area contributed by atoms with Crippen molar-refractivity contribution < 1.29 is 9.59 Å². The first-order valence-electron chi connectivity index (χ1n) is 4.08. The molecular formula is C10H6N2O2. The molecule has 0 aromatic heterocycles. The summed E-state index contributed by atoms with van der Waals surface area (Å²) in [5.74, 6) is -1.15. The minimum Gasteiger partial charge on any atom is -0.318 e. The fourth-order valence-corrected chi connectivity index (χ4v) is 1.46. The second kappa shape index (κ2) is 2.96. The number of para-hydroxylation sites is 1. The average molecular weight is 186 g/mol. The molecule has 4 heteroatoms. The zero-order valence-corrected chi connectivity index (χ0v) is 7.20. The first-order chi connectivity index (χ1) is 6.74. The van der Waals surface area contributed by atoms with Crippen LogP contribution in [-0.4, -0.2) is 11.7 Å². The molecule has 0 aliphatic carbocycles. The molecule has 14 heavy (non-hydrogen) atoms. The van der Waals surface area contributed by atoms with E-state index in [9.17, 15) is 9.59 Å². The minimum absolute atomic E-state index is 0.191. The van der Waals surface area contributed by atoms with Crippen LogP contribution >= 0.6 is 0 Å². The van der Waals surface area contributed by atoms with Gasteiger partial charge >= 0.3 is 0 Å². The molecule has 0 unspecified atom stereocenters. The van der Waals surface area contributed by atoms with Crippen LogP contribution in [0, 0.1) is 11.3 Å². The smallest absolute Gasteiger partial charge is 0.296 e. The Balaban J connectivity index is 2.57. The lowest BCUT2D eigenvalue weighted by Crippen LogP contribution is -2.12. The van der Waals surface area contributed by atoms with Crippen LogP contribution in [0.1, 0.15) is 15.9 Å². The third-order valence-corrected chi connectivity index (χ3v) is 2.11. The van der Waals surface area contributed by atoms with Gasteiger partial charge in [-0.2, -0.15) is 5.26 Å². The number of rotatable bonds is 1. The summed E-state index contributed by atoms with van der Waals surface area (Å²) in [5, 5.41) is 11.0. The van der Waals surface area contributed by atoms with Crippen LogP contribution in [-0.2, 0) is 11.2 Å². The predicted octanol–water partition coefficient (Wildman–Crippen LogP) is 0.887. The average Bonchev–Trinajstić information content (AvgIpc) is 2.46. The summed E-state index contributed by atoms with van der Waals surface area (Å²) in [6.45, 7) is 0. The number of benzene rings is 1. The number of fused-ring (bicyclic) bond motifs is 1. The molecule has 0 bridgehead atoms. The fourth-order valence-electron chi connectivity index (χ4n) is 1.46. The highest BCUT2D eigenvalue weighted by Gasteiger charge is 2.29.